The molecule has 2 amide bonds. The van der Waals surface area contributed by atoms with Gasteiger partial charge in [-0.05, 0) is 45.4 Å². The number of sulfone groups is 1. The minimum atomic E-state index is -3.49. The van der Waals surface area contributed by atoms with E-state index in [-0.39, 0.29) is 23.3 Å². The molecule has 27 heavy (non-hydrogen) atoms. The number of anilines is 1. The van der Waals surface area contributed by atoms with Crippen LogP contribution >= 0.6 is 11.6 Å². The van der Waals surface area contributed by atoms with Gasteiger partial charge in [0.25, 0.3) is 5.91 Å². The topological polar surface area (TPSA) is 92.8 Å². The van der Waals surface area contributed by atoms with Crippen molar-refractivity contribution in [1.29, 1.82) is 0 Å². The van der Waals surface area contributed by atoms with E-state index in [4.69, 9.17) is 16.3 Å². The number of amides is 2. The maximum atomic E-state index is 12.2. The second-order valence-electron chi connectivity index (χ2n) is 6.00. The van der Waals surface area contributed by atoms with Gasteiger partial charge >= 0.3 is 0 Å². The van der Waals surface area contributed by atoms with Gasteiger partial charge in [-0.2, -0.15) is 0 Å². The van der Waals surface area contributed by atoms with Crippen molar-refractivity contribution >= 4 is 38.9 Å². The van der Waals surface area contributed by atoms with Gasteiger partial charge in [-0.1, -0.05) is 18.5 Å². The van der Waals surface area contributed by atoms with Gasteiger partial charge < -0.3 is 15.0 Å². The molecule has 1 N–H and O–H groups in total. The first-order valence-electron chi connectivity index (χ1n) is 8.88. The zero-order chi connectivity index (χ0) is 20.6. The lowest BCUT2D eigenvalue weighted by Gasteiger charge is -2.19. The zero-order valence-electron chi connectivity index (χ0n) is 16.1. The Morgan fingerprint density at radius 3 is 2.37 bits per heavy atom. The summed E-state index contributed by atoms with van der Waals surface area (Å²) in [6, 6.07) is 4.52. The van der Waals surface area contributed by atoms with E-state index in [9.17, 15) is 18.0 Å². The average molecular weight is 419 g/mol. The third-order valence-electron chi connectivity index (χ3n) is 4.06. The quantitative estimate of drug-likeness (QED) is 0.630. The monoisotopic (exact) mass is 418 g/mol. The van der Waals surface area contributed by atoms with E-state index in [0.29, 0.717) is 30.9 Å². The summed E-state index contributed by atoms with van der Waals surface area (Å²) in [4.78, 5) is 25.8. The van der Waals surface area contributed by atoms with Crippen LogP contribution in [0, 0.1) is 0 Å². The second kappa shape index (κ2) is 10.5. The molecule has 0 saturated heterocycles. The van der Waals surface area contributed by atoms with Crippen molar-refractivity contribution in [3.63, 3.8) is 0 Å². The minimum absolute atomic E-state index is 0.0459. The van der Waals surface area contributed by atoms with Crippen molar-refractivity contribution in [1.82, 2.24) is 4.90 Å². The predicted octanol–water partition coefficient (Wildman–Crippen LogP) is 2.74. The molecule has 0 radical (unpaired) electrons. The molecular formula is C18H27ClN2O5S. The minimum Gasteiger partial charge on any atom is -0.482 e. The third-order valence-corrected chi connectivity index (χ3v) is 6.63. The molecule has 0 spiro atoms. The largest absolute Gasteiger partial charge is 0.482 e. The van der Waals surface area contributed by atoms with Crippen LogP contribution in [0.2, 0.25) is 5.02 Å². The molecule has 152 valence electrons. The van der Waals surface area contributed by atoms with Gasteiger partial charge in [0.05, 0.1) is 10.8 Å². The highest BCUT2D eigenvalue weighted by molar-refractivity contribution is 7.92. The van der Waals surface area contributed by atoms with Crippen LogP contribution in [-0.2, 0) is 19.4 Å². The Morgan fingerprint density at radius 1 is 1.22 bits per heavy atom. The molecule has 1 aromatic carbocycles. The number of hydrogen-bond acceptors (Lipinski definition) is 5. The number of likely N-dealkylation sites (N-methyl/N-ethyl adjacent to an activating group) is 1. The molecule has 1 unspecified atom stereocenters. The number of carbonyl (C=O) groups is 2. The maximum Gasteiger partial charge on any atom is 0.260 e. The van der Waals surface area contributed by atoms with Gasteiger partial charge in [-0.3, -0.25) is 9.59 Å². The zero-order valence-corrected chi connectivity index (χ0v) is 17.7. The number of ether oxygens (including phenoxy) is 1. The Labute approximate surface area is 165 Å². The third kappa shape index (κ3) is 6.70. The Kier molecular flexibility index (Phi) is 9.05. The van der Waals surface area contributed by atoms with Gasteiger partial charge in [0, 0.05) is 18.8 Å². The molecule has 1 rings (SSSR count). The number of nitrogens with zero attached hydrogens (tertiary/aromatic N) is 1. The molecule has 0 saturated carbocycles. The first-order chi connectivity index (χ1) is 12.7. The fraction of sp³-hybridized carbons (Fsp3) is 0.556. The summed E-state index contributed by atoms with van der Waals surface area (Å²) in [5.41, 5.74) is 0.353. The SMILES string of the molecule is CCCS(=O)(=O)C(C)C(=O)Nc1ccc(OCC(=O)N(CC)CC)c(Cl)c1. The Bertz CT molecular complexity index is 763. The van der Waals surface area contributed by atoms with Crippen LogP contribution in [0.15, 0.2) is 18.2 Å². The molecule has 7 nitrogen and oxygen atoms in total. The Balaban J connectivity index is 2.75. The van der Waals surface area contributed by atoms with Crippen molar-refractivity contribution in [2.75, 3.05) is 30.8 Å². The molecule has 0 bridgehead atoms. The number of carbonyl (C=O) groups excluding carboxylic acids is 2. The molecule has 1 aromatic rings. The number of hydrogen-bond donors (Lipinski definition) is 1. The Morgan fingerprint density at radius 2 is 1.85 bits per heavy atom. The maximum absolute atomic E-state index is 12.2. The van der Waals surface area contributed by atoms with Crippen LogP contribution in [0.5, 0.6) is 5.75 Å². The molecule has 0 aliphatic heterocycles. The molecule has 0 heterocycles. The normalized spacial score (nSPS) is 12.3. The summed E-state index contributed by atoms with van der Waals surface area (Å²) in [5.74, 6) is -0.509. The molecule has 9 heteroatoms. The first kappa shape index (κ1) is 23.2. The second-order valence-corrected chi connectivity index (χ2v) is 8.85. The van der Waals surface area contributed by atoms with Crippen molar-refractivity contribution in [2.45, 2.75) is 39.4 Å². The summed E-state index contributed by atoms with van der Waals surface area (Å²) in [7, 11) is -3.49. The van der Waals surface area contributed by atoms with Crippen LogP contribution in [0.4, 0.5) is 5.69 Å². The highest BCUT2D eigenvalue weighted by Gasteiger charge is 2.27. The lowest BCUT2D eigenvalue weighted by atomic mass is 10.3. The Hall–Kier alpha value is -1.80. The van der Waals surface area contributed by atoms with Gasteiger partial charge in [0.1, 0.15) is 11.0 Å². The van der Waals surface area contributed by atoms with E-state index < -0.39 is 21.0 Å². The van der Waals surface area contributed by atoms with Crippen LogP contribution in [0.3, 0.4) is 0 Å². The summed E-state index contributed by atoms with van der Waals surface area (Å²) >= 11 is 6.14. The van der Waals surface area contributed by atoms with Crippen LogP contribution in [0.1, 0.15) is 34.1 Å². The highest BCUT2D eigenvalue weighted by Crippen LogP contribution is 2.28. The lowest BCUT2D eigenvalue weighted by Crippen LogP contribution is -2.34. The summed E-state index contributed by atoms with van der Waals surface area (Å²) in [6.45, 7) is 7.91. The molecule has 0 fully saturated rings. The van der Waals surface area contributed by atoms with Gasteiger partial charge in [-0.25, -0.2) is 8.42 Å². The van der Waals surface area contributed by atoms with Gasteiger partial charge in [0.15, 0.2) is 16.4 Å². The van der Waals surface area contributed by atoms with E-state index in [1.807, 2.05) is 13.8 Å². The number of halogens is 1. The predicted molar refractivity (Wildman–Crippen MR) is 107 cm³/mol. The fourth-order valence-electron chi connectivity index (χ4n) is 2.37. The van der Waals surface area contributed by atoms with Crippen molar-refractivity contribution in [2.24, 2.45) is 0 Å². The molecular weight excluding hydrogens is 392 g/mol. The van der Waals surface area contributed by atoms with Crippen LogP contribution < -0.4 is 10.1 Å². The highest BCUT2D eigenvalue weighted by atomic mass is 35.5. The van der Waals surface area contributed by atoms with Crippen molar-refractivity contribution < 1.29 is 22.7 Å². The van der Waals surface area contributed by atoms with Crippen LogP contribution in [-0.4, -0.2) is 55.8 Å². The van der Waals surface area contributed by atoms with Gasteiger partial charge in [0.2, 0.25) is 5.91 Å². The van der Waals surface area contributed by atoms with Crippen molar-refractivity contribution in [3.8, 4) is 5.75 Å². The number of rotatable bonds is 10. The van der Waals surface area contributed by atoms with E-state index in [2.05, 4.69) is 5.32 Å². The van der Waals surface area contributed by atoms with E-state index in [1.165, 1.54) is 19.1 Å². The van der Waals surface area contributed by atoms with Crippen molar-refractivity contribution in [3.05, 3.63) is 23.2 Å². The smallest absolute Gasteiger partial charge is 0.260 e. The summed E-state index contributed by atoms with van der Waals surface area (Å²) in [5, 5.41) is 1.60. The fourth-order valence-corrected chi connectivity index (χ4v) is 3.91. The van der Waals surface area contributed by atoms with E-state index in [0.717, 1.165) is 0 Å². The standard InChI is InChI=1S/C18H27ClN2O5S/c1-5-10-27(24,25)13(4)18(23)20-14-8-9-16(15(19)11-14)26-12-17(22)21(6-2)7-3/h8-9,11,13H,5-7,10,12H2,1-4H3,(H,20,23). The summed E-state index contributed by atoms with van der Waals surface area (Å²) < 4.78 is 29.4. The average Bonchev–Trinajstić information content (AvgIpc) is 2.61. The molecule has 0 aliphatic rings. The van der Waals surface area contributed by atoms with Crippen LogP contribution in [0.25, 0.3) is 0 Å². The number of nitrogens with one attached hydrogen (secondary N) is 1. The molecule has 0 aliphatic carbocycles. The van der Waals surface area contributed by atoms with E-state index >= 15 is 0 Å². The van der Waals surface area contributed by atoms with E-state index in [1.54, 1.807) is 17.9 Å². The molecule has 0 aromatic heterocycles. The first-order valence-corrected chi connectivity index (χ1v) is 11.0. The number of benzene rings is 1. The molecule has 1 atom stereocenters. The summed E-state index contributed by atoms with van der Waals surface area (Å²) in [6.07, 6.45) is 0.448. The van der Waals surface area contributed by atoms with Gasteiger partial charge in [-0.15, -0.1) is 0 Å². The lowest BCUT2D eigenvalue weighted by molar-refractivity contribution is -0.133.